The molecule has 0 aliphatic heterocycles. The Kier molecular flexibility index (Phi) is 5.61. The van der Waals surface area contributed by atoms with Gasteiger partial charge < -0.3 is 15.3 Å². The van der Waals surface area contributed by atoms with E-state index in [1.807, 2.05) is 0 Å². The van der Waals surface area contributed by atoms with Crippen molar-refractivity contribution >= 4 is 23.4 Å². The Labute approximate surface area is 110 Å². The number of aliphatic hydroxyl groups is 1. The third kappa shape index (κ3) is 4.35. The van der Waals surface area contributed by atoms with Crippen LogP contribution in [0, 0.1) is 0 Å². The van der Waals surface area contributed by atoms with Gasteiger partial charge in [0.15, 0.2) is 0 Å². The molecule has 1 aromatic carbocycles. The molecule has 5 nitrogen and oxygen atoms in total. The minimum Gasteiger partial charge on any atom is -0.395 e. The summed E-state index contributed by atoms with van der Waals surface area (Å²) in [5, 5.41) is 11.7. The molecular weight excluding hydrogens is 256 g/mol. The standard InChI is InChI=1S/C12H15ClN2O3/c1-15(6-7-16)11(17)8-14-12(18)9-2-4-10(13)5-3-9/h2-5,16H,6-8H2,1H3,(H,14,18). The van der Waals surface area contributed by atoms with E-state index in [-0.39, 0.29) is 31.5 Å². The van der Waals surface area contributed by atoms with Crippen LogP contribution in [0.1, 0.15) is 10.4 Å². The summed E-state index contributed by atoms with van der Waals surface area (Å²) in [6.45, 7) is 0.0426. The first-order valence-corrected chi connectivity index (χ1v) is 5.81. The summed E-state index contributed by atoms with van der Waals surface area (Å²) in [7, 11) is 1.56. The number of nitrogens with one attached hydrogen (secondary N) is 1. The van der Waals surface area contributed by atoms with Crippen molar-refractivity contribution in [3.05, 3.63) is 34.9 Å². The summed E-state index contributed by atoms with van der Waals surface area (Å²) in [4.78, 5) is 24.5. The van der Waals surface area contributed by atoms with Gasteiger partial charge in [0, 0.05) is 24.2 Å². The van der Waals surface area contributed by atoms with Crippen LogP contribution in [0.15, 0.2) is 24.3 Å². The number of rotatable bonds is 5. The second-order valence-electron chi connectivity index (χ2n) is 3.73. The van der Waals surface area contributed by atoms with E-state index in [2.05, 4.69) is 5.32 Å². The van der Waals surface area contributed by atoms with Gasteiger partial charge in [0.25, 0.3) is 5.91 Å². The molecule has 18 heavy (non-hydrogen) atoms. The highest BCUT2D eigenvalue weighted by Gasteiger charge is 2.10. The largest absolute Gasteiger partial charge is 0.395 e. The number of carbonyl (C=O) groups is 2. The zero-order valence-corrected chi connectivity index (χ0v) is 10.8. The minimum absolute atomic E-state index is 0.0992. The Morgan fingerprint density at radius 3 is 2.50 bits per heavy atom. The average Bonchev–Trinajstić information content (AvgIpc) is 2.36. The highest BCUT2D eigenvalue weighted by Crippen LogP contribution is 2.09. The maximum Gasteiger partial charge on any atom is 0.251 e. The van der Waals surface area contributed by atoms with E-state index in [4.69, 9.17) is 16.7 Å². The molecule has 2 amide bonds. The van der Waals surface area contributed by atoms with E-state index in [1.165, 1.54) is 4.90 Å². The van der Waals surface area contributed by atoms with Gasteiger partial charge in [0.2, 0.25) is 5.91 Å². The van der Waals surface area contributed by atoms with Crippen LogP contribution in [0.3, 0.4) is 0 Å². The van der Waals surface area contributed by atoms with Crippen molar-refractivity contribution in [3.63, 3.8) is 0 Å². The normalized spacial score (nSPS) is 9.94. The van der Waals surface area contributed by atoms with Gasteiger partial charge in [-0.15, -0.1) is 0 Å². The molecule has 0 aromatic heterocycles. The van der Waals surface area contributed by atoms with Crippen molar-refractivity contribution in [3.8, 4) is 0 Å². The van der Waals surface area contributed by atoms with Gasteiger partial charge >= 0.3 is 0 Å². The molecule has 0 saturated heterocycles. The summed E-state index contributed by atoms with van der Waals surface area (Å²) >= 11 is 5.70. The molecule has 0 radical (unpaired) electrons. The number of hydrogen-bond acceptors (Lipinski definition) is 3. The van der Waals surface area contributed by atoms with Gasteiger partial charge in [-0.05, 0) is 24.3 Å². The van der Waals surface area contributed by atoms with Gasteiger partial charge in [0.05, 0.1) is 13.2 Å². The van der Waals surface area contributed by atoms with E-state index in [9.17, 15) is 9.59 Å². The fourth-order valence-electron chi connectivity index (χ4n) is 1.27. The predicted octanol–water partition coefficient (Wildman–Crippen LogP) is 0.521. The Morgan fingerprint density at radius 2 is 1.94 bits per heavy atom. The number of hydrogen-bond donors (Lipinski definition) is 2. The van der Waals surface area contributed by atoms with Crippen LogP contribution in [-0.2, 0) is 4.79 Å². The molecule has 1 rings (SSSR count). The first kappa shape index (κ1) is 14.5. The summed E-state index contributed by atoms with van der Waals surface area (Å²) in [5.74, 6) is -0.594. The van der Waals surface area contributed by atoms with Crippen molar-refractivity contribution in [1.82, 2.24) is 10.2 Å². The Morgan fingerprint density at radius 1 is 1.33 bits per heavy atom. The summed E-state index contributed by atoms with van der Waals surface area (Å²) in [5.41, 5.74) is 0.442. The Balaban J connectivity index is 2.46. The highest BCUT2D eigenvalue weighted by atomic mass is 35.5. The Hall–Kier alpha value is -1.59. The third-order valence-corrected chi connectivity index (χ3v) is 2.62. The van der Waals surface area contributed by atoms with Crippen molar-refractivity contribution in [1.29, 1.82) is 0 Å². The smallest absolute Gasteiger partial charge is 0.251 e. The summed E-state index contributed by atoms with van der Waals surface area (Å²) in [6, 6.07) is 6.38. The summed E-state index contributed by atoms with van der Waals surface area (Å²) in [6.07, 6.45) is 0. The van der Waals surface area contributed by atoms with Crippen LogP contribution < -0.4 is 5.32 Å². The van der Waals surface area contributed by atoms with E-state index in [0.29, 0.717) is 10.6 Å². The second kappa shape index (κ2) is 6.98. The van der Waals surface area contributed by atoms with Crippen LogP contribution in [0.25, 0.3) is 0 Å². The molecule has 0 saturated carbocycles. The van der Waals surface area contributed by atoms with Gasteiger partial charge in [-0.1, -0.05) is 11.6 Å². The van der Waals surface area contributed by atoms with E-state index >= 15 is 0 Å². The maximum absolute atomic E-state index is 11.7. The van der Waals surface area contributed by atoms with Gasteiger partial charge in [-0.25, -0.2) is 0 Å². The number of amides is 2. The average molecular weight is 271 g/mol. The fraction of sp³-hybridized carbons (Fsp3) is 0.333. The maximum atomic E-state index is 11.7. The van der Waals surface area contributed by atoms with E-state index in [0.717, 1.165) is 0 Å². The molecule has 0 fully saturated rings. The van der Waals surface area contributed by atoms with Gasteiger partial charge in [-0.2, -0.15) is 0 Å². The van der Waals surface area contributed by atoms with Crippen LogP contribution in [-0.4, -0.2) is 48.6 Å². The number of aliphatic hydroxyl groups excluding tert-OH is 1. The molecule has 0 bridgehead atoms. The number of carbonyl (C=O) groups excluding carboxylic acids is 2. The van der Waals surface area contributed by atoms with Crippen LogP contribution >= 0.6 is 11.6 Å². The topological polar surface area (TPSA) is 69.6 Å². The molecule has 0 aliphatic rings. The molecular formula is C12H15ClN2O3. The first-order valence-electron chi connectivity index (χ1n) is 5.43. The van der Waals surface area contributed by atoms with E-state index < -0.39 is 0 Å². The lowest BCUT2D eigenvalue weighted by Crippen LogP contribution is -2.39. The van der Waals surface area contributed by atoms with Crippen LogP contribution in [0.5, 0.6) is 0 Å². The lowest BCUT2D eigenvalue weighted by atomic mass is 10.2. The molecule has 0 spiro atoms. The molecule has 98 valence electrons. The lowest BCUT2D eigenvalue weighted by Gasteiger charge is -2.15. The fourth-order valence-corrected chi connectivity index (χ4v) is 1.39. The van der Waals surface area contributed by atoms with Crippen LogP contribution in [0.2, 0.25) is 5.02 Å². The molecule has 0 aliphatic carbocycles. The van der Waals surface area contributed by atoms with Gasteiger partial charge in [-0.3, -0.25) is 9.59 Å². The Bertz CT molecular complexity index is 420. The monoisotopic (exact) mass is 270 g/mol. The predicted molar refractivity (Wildman–Crippen MR) is 68.5 cm³/mol. The molecule has 6 heteroatoms. The zero-order chi connectivity index (χ0) is 13.5. The molecule has 0 unspecified atom stereocenters. The second-order valence-corrected chi connectivity index (χ2v) is 4.16. The summed E-state index contributed by atoms with van der Waals surface area (Å²) < 4.78 is 0. The van der Waals surface area contributed by atoms with Crippen molar-refractivity contribution in [2.45, 2.75) is 0 Å². The lowest BCUT2D eigenvalue weighted by molar-refractivity contribution is -0.129. The number of likely N-dealkylation sites (N-methyl/N-ethyl adjacent to an activating group) is 1. The quantitative estimate of drug-likeness (QED) is 0.820. The molecule has 0 atom stereocenters. The molecule has 1 aromatic rings. The third-order valence-electron chi connectivity index (χ3n) is 2.37. The van der Waals surface area contributed by atoms with Gasteiger partial charge in [0.1, 0.15) is 0 Å². The minimum atomic E-state index is -0.336. The SMILES string of the molecule is CN(CCO)C(=O)CNC(=O)c1ccc(Cl)cc1. The number of halogens is 1. The zero-order valence-electron chi connectivity index (χ0n) is 10.0. The van der Waals surface area contributed by atoms with Crippen molar-refractivity contribution in [2.75, 3.05) is 26.7 Å². The highest BCUT2D eigenvalue weighted by molar-refractivity contribution is 6.30. The number of nitrogens with zero attached hydrogens (tertiary/aromatic N) is 1. The van der Waals surface area contributed by atoms with Crippen LogP contribution in [0.4, 0.5) is 0 Å². The van der Waals surface area contributed by atoms with E-state index in [1.54, 1.807) is 31.3 Å². The van der Waals surface area contributed by atoms with Crippen molar-refractivity contribution in [2.24, 2.45) is 0 Å². The molecule has 2 N–H and O–H groups in total. The first-order chi connectivity index (χ1) is 8.54. The van der Waals surface area contributed by atoms with Crippen molar-refractivity contribution < 1.29 is 14.7 Å². The molecule has 0 heterocycles. The number of benzene rings is 1.